The molecule has 1 saturated heterocycles. The van der Waals surface area contributed by atoms with Crippen LogP contribution in [0.15, 0.2) is 66.7 Å². The maximum atomic E-state index is 15.0. The number of aryl methyl sites for hydroxylation is 1. The van der Waals surface area contributed by atoms with Crippen LogP contribution in [0.2, 0.25) is 0 Å². The van der Waals surface area contributed by atoms with Crippen molar-refractivity contribution in [3.63, 3.8) is 0 Å². The third-order valence-electron chi connectivity index (χ3n) is 7.52. The smallest absolute Gasteiger partial charge is 0.256 e. The van der Waals surface area contributed by atoms with Crippen molar-refractivity contribution in [3.8, 4) is 28.0 Å². The molecule has 0 saturated carbocycles. The molecule has 0 amide bonds. The lowest BCUT2D eigenvalue weighted by molar-refractivity contribution is -0.135. The first-order valence-electron chi connectivity index (χ1n) is 13.8. The van der Waals surface area contributed by atoms with Crippen LogP contribution in [0.4, 0.5) is 22.0 Å². The van der Waals surface area contributed by atoms with E-state index in [2.05, 4.69) is 0 Å². The number of allylic oxidation sites excluding steroid dienone is 2. The largest absolute Gasteiger partial charge is 0.490 e. The third kappa shape index (κ3) is 7.30. The number of hydrogen-bond donors (Lipinski definition) is 0. The zero-order chi connectivity index (χ0) is 28.7. The van der Waals surface area contributed by atoms with Crippen molar-refractivity contribution in [1.29, 1.82) is 0 Å². The van der Waals surface area contributed by atoms with Gasteiger partial charge < -0.3 is 9.47 Å². The Labute approximate surface area is 232 Å². The van der Waals surface area contributed by atoms with Crippen LogP contribution >= 0.6 is 0 Å². The molecule has 214 valence electrons. The summed E-state index contributed by atoms with van der Waals surface area (Å²) in [7, 11) is 0. The van der Waals surface area contributed by atoms with E-state index in [9.17, 15) is 22.0 Å². The number of hydrogen-bond acceptors (Lipinski definition) is 2. The predicted octanol–water partition coefficient (Wildman–Crippen LogP) is 9.56. The van der Waals surface area contributed by atoms with E-state index >= 15 is 0 Å². The minimum Gasteiger partial charge on any atom is -0.490 e. The van der Waals surface area contributed by atoms with Crippen molar-refractivity contribution in [2.75, 3.05) is 13.2 Å². The van der Waals surface area contributed by atoms with Gasteiger partial charge in [-0.2, -0.15) is 0 Å². The second-order valence-electron chi connectivity index (χ2n) is 10.2. The van der Waals surface area contributed by atoms with E-state index in [0.29, 0.717) is 24.8 Å². The van der Waals surface area contributed by atoms with Crippen molar-refractivity contribution in [2.24, 2.45) is 5.92 Å². The summed E-state index contributed by atoms with van der Waals surface area (Å²) in [4.78, 5) is 0. The summed E-state index contributed by atoms with van der Waals surface area (Å²) >= 11 is 0. The quantitative estimate of drug-likeness (QED) is 0.172. The van der Waals surface area contributed by atoms with Gasteiger partial charge in [0.1, 0.15) is 11.6 Å². The molecule has 0 aliphatic carbocycles. The molecule has 7 heteroatoms. The van der Waals surface area contributed by atoms with Crippen LogP contribution in [0.5, 0.6) is 5.75 Å². The van der Waals surface area contributed by atoms with Crippen LogP contribution < -0.4 is 4.74 Å². The Morgan fingerprint density at radius 2 is 1.57 bits per heavy atom. The molecule has 0 radical (unpaired) electrons. The second-order valence-corrected chi connectivity index (χ2v) is 10.2. The molecule has 2 unspecified atom stereocenters. The number of alkyl halides is 2. The highest BCUT2D eigenvalue weighted by molar-refractivity contribution is 5.72. The highest BCUT2D eigenvalue weighted by Gasteiger charge is 2.41. The maximum Gasteiger partial charge on any atom is 0.256 e. The summed E-state index contributed by atoms with van der Waals surface area (Å²) in [6, 6.07) is 13.0. The molecule has 2 atom stereocenters. The third-order valence-corrected chi connectivity index (χ3v) is 7.52. The lowest BCUT2D eigenvalue weighted by Crippen LogP contribution is -2.38. The van der Waals surface area contributed by atoms with E-state index in [1.165, 1.54) is 30.3 Å². The number of halogens is 5. The first kappa shape index (κ1) is 29.8. The molecule has 0 aromatic heterocycles. The lowest BCUT2D eigenvalue weighted by atomic mass is 9.90. The molecule has 3 aromatic rings. The van der Waals surface area contributed by atoms with Gasteiger partial charge in [0.05, 0.1) is 19.3 Å². The lowest BCUT2D eigenvalue weighted by Gasteiger charge is -2.33. The zero-order valence-corrected chi connectivity index (χ0v) is 22.9. The molecule has 40 heavy (non-hydrogen) atoms. The van der Waals surface area contributed by atoms with Gasteiger partial charge in [-0.15, -0.1) is 0 Å². The van der Waals surface area contributed by atoms with Crippen LogP contribution in [0.3, 0.4) is 0 Å². The van der Waals surface area contributed by atoms with Gasteiger partial charge in [-0.1, -0.05) is 49.4 Å². The first-order valence-corrected chi connectivity index (χ1v) is 13.8. The van der Waals surface area contributed by atoms with Crippen molar-refractivity contribution in [2.45, 2.75) is 64.4 Å². The summed E-state index contributed by atoms with van der Waals surface area (Å²) in [6.45, 7) is 3.49. The molecule has 0 N–H and O–H groups in total. The van der Waals surface area contributed by atoms with Crippen LogP contribution in [-0.4, -0.2) is 25.2 Å². The highest BCUT2D eigenvalue weighted by atomic mass is 19.3. The summed E-state index contributed by atoms with van der Waals surface area (Å²) in [5.74, 6) is -5.93. The normalized spacial score (nSPS) is 17.9. The van der Waals surface area contributed by atoms with E-state index in [4.69, 9.17) is 9.47 Å². The summed E-state index contributed by atoms with van der Waals surface area (Å²) in [5.41, 5.74) is 1.87. The second kappa shape index (κ2) is 13.4. The Morgan fingerprint density at radius 1 is 0.900 bits per heavy atom. The molecule has 1 fully saturated rings. The molecular weight excluding hydrogens is 523 g/mol. The van der Waals surface area contributed by atoms with Crippen LogP contribution in [0.1, 0.15) is 51.5 Å². The molecule has 1 aliphatic rings. The average Bonchev–Trinajstić information content (AvgIpc) is 2.94. The molecule has 1 aliphatic heterocycles. The predicted molar refractivity (Wildman–Crippen MR) is 148 cm³/mol. The van der Waals surface area contributed by atoms with Gasteiger partial charge in [-0.25, -0.2) is 22.0 Å². The monoisotopic (exact) mass is 558 g/mol. The van der Waals surface area contributed by atoms with Crippen LogP contribution in [-0.2, 0) is 11.2 Å². The van der Waals surface area contributed by atoms with Gasteiger partial charge in [0.2, 0.25) is 0 Å². The van der Waals surface area contributed by atoms with E-state index in [-0.39, 0.29) is 41.8 Å². The molecule has 3 aromatic carbocycles. The zero-order valence-electron chi connectivity index (χ0n) is 22.9. The van der Waals surface area contributed by atoms with Gasteiger partial charge >= 0.3 is 0 Å². The van der Waals surface area contributed by atoms with Crippen LogP contribution in [0.25, 0.3) is 22.3 Å². The molecule has 1 heterocycles. The maximum absolute atomic E-state index is 15.0. The van der Waals surface area contributed by atoms with Crippen LogP contribution in [0, 0.1) is 23.4 Å². The van der Waals surface area contributed by atoms with Gasteiger partial charge in [-0.3, -0.25) is 0 Å². The fraction of sp³-hybridized carbons (Fsp3) is 0.394. The summed E-state index contributed by atoms with van der Waals surface area (Å²) in [5, 5.41) is 0. The number of ether oxygens (including phenoxy) is 2. The number of rotatable bonds is 11. The minimum absolute atomic E-state index is 0.00154. The molecule has 0 bridgehead atoms. The van der Waals surface area contributed by atoms with E-state index < -0.39 is 35.7 Å². The topological polar surface area (TPSA) is 18.5 Å². The molecule has 4 rings (SSSR count). The highest BCUT2D eigenvalue weighted by Crippen LogP contribution is 2.37. The Bertz CT molecular complexity index is 1310. The first-order chi connectivity index (χ1) is 19.2. The number of benzene rings is 3. The summed E-state index contributed by atoms with van der Waals surface area (Å²) in [6.07, 6.45) is 6.78. The Kier molecular flexibility index (Phi) is 10.0. The van der Waals surface area contributed by atoms with Crippen molar-refractivity contribution >= 4 is 0 Å². The Morgan fingerprint density at radius 3 is 2.17 bits per heavy atom. The van der Waals surface area contributed by atoms with Crippen molar-refractivity contribution < 1.29 is 31.4 Å². The standard InChI is InChI=1S/C33H35F5O2/c1-3-5-6-7-26-12-11-25(21-40-26)33(37,38)16-17-39-32-15-10-24(20-31(32)36)28-14-9-23(19-30(28)35)27-13-8-22(4-2)18-29(27)34/h3,5,8-10,13-15,18-20,25-26H,4,6-7,11-12,16-17,21H2,1-2H3/b5-3+. The SMILES string of the molecule is C/C=C/CCC1CCC(C(F)(F)CCOc2ccc(-c3ccc(-c4ccc(CC)cc4F)cc3F)cc2F)CO1. The Hall–Kier alpha value is -3.19. The van der Waals surface area contributed by atoms with Gasteiger partial charge in [0, 0.05) is 23.5 Å². The average molecular weight is 559 g/mol. The molecule has 0 spiro atoms. The van der Waals surface area contributed by atoms with Crippen molar-refractivity contribution in [3.05, 3.63) is 89.8 Å². The minimum atomic E-state index is -2.99. The van der Waals surface area contributed by atoms with E-state index in [1.54, 1.807) is 18.2 Å². The fourth-order valence-electron chi connectivity index (χ4n) is 5.03. The van der Waals surface area contributed by atoms with Gasteiger partial charge in [0.25, 0.3) is 5.92 Å². The molecular formula is C33H35F5O2. The van der Waals surface area contributed by atoms with E-state index in [0.717, 1.165) is 24.5 Å². The van der Waals surface area contributed by atoms with Crippen molar-refractivity contribution in [1.82, 2.24) is 0 Å². The van der Waals surface area contributed by atoms with Gasteiger partial charge in [-0.05, 0) is 80.0 Å². The van der Waals surface area contributed by atoms with Gasteiger partial charge in [0.15, 0.2) is 11.6 Å². The Balaban J connectivity index is 1.34. The fourth-order valence-corrected chi connectivity index (χ4v) is 5.03. The summed E-state index contributed by atoms with van der Waals surface area (Å²) < 4.78 is 84.8. The van der Waals surface area contributed by atoms with E-state index in [1.807, 2.05) is 26.0 Å². The molecule has 2 nitrogen and oxygen atoms in total.